The number of nitrogens with zero attached hydrogens (tertiary/aromatic N) is 2. The highest BCUT2D eigenvalue weighted by Gasteiger charge is 2.61. The third-order valence-corrected chi connectivity index (χ3v) is 8.12. The fourth-order valence-corrected chi connectivity index (χ4v) is 6.37. The lowest BCUT2D eigenvalue weighted by Gasteiger charge is -2.49. The highest BCUT2D eigenvalue weighted by Crippen LogP contribution is 2.45. The Morgan fingerprint density at radius 3 is 2.78 bits per heavy atom. The van der Waals surface area contributed by atoms with Crippen molar-refractivity contribution in [1.82, 2.24) is 10.1 Å². The summed E-state index contributed by atoms with van der Waals surface area (Å²) in [6.07, 6.45) is 3.27. The minimum atomic E-state index is -3.02. The molecule has 23 heavy (non-hydrogen) atoms. The van der Waals surface area contributed by atoms with Gasteiger partial charge >= 0.3 is 0 Å². The van der Waals surface area contributed by atoms with Crippen molar-refractivity contribution in [3.8, 4) is 0 Å². The van der Waals surface area contributed by atoms with E-state index in [0.29, 0.717) is 32.0 Å². The molecule has 3 fully saturated rings. The van der Waals surface area contributed by atoms with Gasteiger partial charge in [0.15, 0.2) is 9.84 Å². The van der Waals surface area contributed by atoms with Crippen LogP contribution in [-0.2, 0) is 21.1 Å². The maximum Gasteiger partial charge on any atom is 0.158 e. The van der Waals surface area contributed by atoms with E-state index >= 15 is 0 Å². The third-order valence-electron chi connectivity index (χ3n) is 5.51. The molecule has 6 nitrogen and oxygen atoms in total. The number of rotatable bonds is 6. The predicted molar refractivity (Wildman–Crippen MR) is 84.7 cm³/mol. The first-order chi connectivity index (χ1) is 11.0. The van der Waals surface area contributed by atoms with Crippen LogP contribution in [0.25, 0.3) is 0 Å². The molecule has 1 spiro atoms. The highest BCUT2D eigenvalue weighted by molar-refractivity contribution is 7.93. The van der Waals surface area contributed by atoms with Gasteiger partial charge in [-0.15, -0.1) is 0 Å². The van der Waals surface area contributed by atoms with Gasteiger partial charge in [0.1, 0.15) is 10.5 Å². The predicted octanol–water partition coefficient (Wildman–Crippen LogP) is 1.40. The Labute approximate surface area is 137 Å². The van der Waals surface area contributed by atoms with E-state index in [4.69, 9.17) is 9.26 Å². The van der Waals surface area contributed by atoms with Crippen LogP contribution in [-0.4, -0.2) is 55.3 Å². The maximum absolute atomic E-state index is 12.6. The largest absolute Gasteiger partial charge is 0.381 e. The quantitative estimate of drug-likeness (QED) is 0.779. The number of hydrogen-bond donors (Lipinski definition) is 0. The minimum Gasteiger partial charge on any atom is -0.381 e. The van der Waals surface area contributed by atoms with Crippen molar-refractivity contribution in [3.63, 3.8) is 0 Å². The van der Waals surface area contributed by atoms with Crippen LogP contribution >= 0.6 is 0 Å². The Morgan fingerprint density at radius 1 is 1.35 bits per heavy atom. The first-order valence-electron chi connectivity index (χ1n) is 8.43. The summed E-state index contributed by atoms with van der Waals surface area (Å²) in [5, 5.41) is 3.99. The SMILES string of the molecule is Cc1cc(CN2CC3(C2)[C@@H](COCC2CC2)CCS3(=O)=O)no1. The Hall–Kier alpha value is -0.920. The van der Waals surface area contributed by atoms with E-state index in [1.165, 1.54) is 12.8 Å². The van der Waals surface area contributed by atoms with Crippen molar-refractivity contribution in [2.45, 2.75) is 37.5 Å². The average Bonchev–Trinajstić information content (AvgIpc) is 3.13. The van der Waals surface area contributed by atoms with Gasteiger partial charge in [0.25, 0.3) is 0 Å². The highest BCUT2D eigenvalue weighted by atomic mass is 32.2. The zero-order chi connectivity index (χ0) is 16.1. The van der Waals surface area contributed by atoms with Crippen LogP contribution < -0.4 is 0 Å². The number of aromatic nitrogens is 1. The van der Waals surface area contributed by atoms with Crippen molar-refractivity contribution >= 4 is 9.84 Å². The maximum atomic E-state index is 12.6. The monoisotopic (exact) mass is 340 g/mol. The molecule has 0 bridgehead atoms. The summed E-state index contributed by atoms with van der Waals surface area (Å²) in [7, 11) is -3.02. The summed E-state index contributed by atoms with van der Waals surface area (Å²) in [5.41, 5.74) is 0.870. The van der Waals surface area contributed by atoms with Crippen LogP contribution in [0.4, 0.5) is 0 Å². The second-order valence-electron chi connectivity index (χ2n) is 7.42. The molecular formula is C16H24N2O4S. The van der Waals surface area contributed by atoms with E-state index in [1.54, 1.807) is 0 Å². The van der Waals surface area contributed by atoms with Crippen LogP contribution in [0.1, 0.15) is 30.7 Å². The first kappa shape index (κ1) is 15.6. The van der Waals surface area contributed by atoms with E-state index in [0.717, 1.165) is 30.4 Å². The molecule has 0 N–H and O–H groups in total. The molecular weight excluding hydrogens is 316 g/mol. The van der Waals surface area contributed by atoms with Crippen molar-refractivity contribution in [3.05, 3.63) is 17.5 Å². The molecule has 1 saturated carbocycles. The van der Waals surface area contributed by atoms with Crippen molar-refractivity contribution in [2.24, 2.45) is 11.8 Å². The molecule has 1 aromatic heterocycles. The summed E-state index contributed by atoms with van der Waals surface area (Å²) in [6, 6.07) is 1.91. The normalized spacial score (nSPS) is 29.0. The second-order valence-corrected chi connectivity index (χ2v) is 9.87. The van der Waals surface area contributed by atoms with E-state index in [1.807, 2.05) is 13.0 Å². The van der Waals surface area contributed by atoms with Crippen molar-refractivity contribution in [2.75, 3.05) is 32.1 Å². The topological polar surface area (TPSA) is 72.6 Å². The lowest BCUT2D eigenvalue weighted by Crippen LogP contribution is -2.67. The fraction of sp³-hybridized carbons (Fsp3) is 0.812. The molecule has 3 aliphatic rings. The van der Waals surface area contributed by atoms with Gasteiger partial charge in [0, 0.05) is 38.2 Å². The fourth-order valence-electron chi connectivity index (χ4n) is 3.91. The molecule has 3 heterocycles. The zero-order valence-corrected chi connectivity index (χ0v) is 14.3. The lowest BCUT2D eigenvalue weighted by molar-refractivity contribution is 0.0218. The molecule has 0 unspecified atom stereocenters. The van der Waals surface area contributed by atoms with Crippen LogP contribution in [0.3, 0.4) is 0 Å². The summed E-state index contributed by atoms with van der Waals surface area (Å²) in [6.45, 7) is 5.10. The smallest absolute Gasteiger partial charge is 0.158 e. The van der Waals surface area contributed by atoms with E-state index in [-0.39, 0.29) is 5.92 Å². The molecule has 1 aromatic rings. The van der Waals surface area contributed by atoms with Crippen molar-refractivity contribution < 1.29 is 17.7 Å². The number of hydrogen-bond acceptors (Lipinski definition) is 6. The van der Waals surface area contributed by atoms with Gasteiger partial charge in [-0.2, -0.15) is 0 Å². The standard InChI is InChI=1S/C16H24N2O4S/c1-12-6-15(17-22-12)7-18-10-16(11-18)14(4-5-23(16,19)20)9-21-8-13-2-3-13/h6,13-14H,2-5,7-11H2,1H3/t14-/m1/s1. The van der Waals surface area contributed by atoms with Gasteiger partial charge in [-0.3, -0.25) is 4.90 Å². The van der Waals surface area contributed by atoms with Crippen LogP contribution in [0.5, 0.6) is 0 Å². The number of ether oxygens (including phenoxy) is 1. The first-order valence-corrected chi connectivity index (χ1v) is 10.1. The number of aryl methyl sites for hydroxylation is 1. The Kier molecular flexibility index (Phi) is 3.77. The molecule has 2 aliphatic heterocycles. The zero-order valence-electron chi connectivity index (χ0n) is 13.5. The Bertz CT molecular complexity index is 674. The van der Waals surface area contributed by atoms with Crippen LogP contribution in [0.15, 0.2) is 10.6 Å². The average molecular weight is 340 g/mol. The van der Waals surface area contributed by atoms with Crippen LogP contribution in [0.2, 0.25) is 0 Å². The number of sulfone groups is 1. The van der Waals surface area contributed by atoms with Gasteiger partial charge in [-0.1, -0.05) is 5.16 Å². The molecule has 0 aromatic carbocycles. The molecule has 1 aliphatic carbocycles. The molecule has 0 amide bonds. The molecule has 4 rings (SSSR count). The minimum absolute atomic E-state index is 0.140. The third kappa shape index (κ3) is 2.83. The van der Waals surface area contributed by atoms with Gasteiger partial charge in [0.05, 0.1) is 18.1 Å². The Morgan fingerprint density at radius 2 is 2.13 bits per heavy atom. The Balaban J connectivity index is 1.38. The van der Waals surface area contributed by atoms with Gasteiger partial charge in [-0.25, -0.2) is 8.42 Å². The molecule has 2 saturated heterocycles. The molecule has 128 valence electrons. The number of likely N-dealkylation sites (tertiary alicyclic amines) is 1. The summed E-state index contributed by atoms with van der Waals surface area (Å²) in [5.74, 6) is 1.95. The van der Waals surface area contributed by atoms with Gasteiger partial charge in [-0.05, 0) is 32.1 Å². The summed E-state index contributed by atoms with van der Waals surface area (Å²) in [4.78, 5) is 2.15. The van der Waals surface area contributed by atoms with Crippen molar-refractivity contribution in [1.29, 1.82) is 0 Å². The molecule has 7 heteroatoms. The lowest BCUT2D eigenvalue weighted by atomic mass is 9.83. The van der Waals surface area contributed by atoms with Gasteiger partial charge in [0.2, 0.25) is 0 Å². The summed E-state index contributed by atoms with van der Waals surface area (Å²) >= 11 is 0. The van der Waals surface area contributed by atoms with Crippen LogP contribution in [0, 0.1) is 18.8 Å². The second kappa shape index (κ2) is 5.57. The molecule has 1 atom stereocenters. The molecule has 0 radical (unpaired) electrons. The van der Waals surface area contributed by atoms with Gasteiger partial charge < -0.3 is 9.26 Å². The van der Waals surface area contributed by atoms with E-state index in [2.05, 4.69) is 10.1 Å². The summed E-state index contributed by atoms with van der Waals surface area (Å²) < 4.78 is 35.4. The van der Waals surface area contributed by atoms with E-state index < -0.39 is 14.6 Å². The van der Waals surface area contributed by atoms with E-state index in [9.17, 15) is 8.42 Å².